The van der Waals surface area contributed by atoms with Gasteiger partial charge in [-0.25, -0.2) is 4.98 Å². The number of rotatable bonds is 3. The average Bonchev–Trinajstić information content (AvgIpc) is 2.87. The van der Waals surface area contributed by atoms with Crippen LogP contribution in [0.3, 0.4) is 0 Å². The Balaban J connectivity index is 2.15. The molecule has 3 heterocycles. The van der Waals surface area contributed by atoms with E-state index in [1.165, 1.54) is 0 Å². The molecule has 0 bridgehead atoms. The SMILES string of the molecule is CN(C)CCn1c2ccccc2c2sc3ncccc3c(=O)c21. The van der Waals surface area contributed by atoms with Gasteiger partial charge in [0.2, 0.25) is 5.43 Å². The predicted octanol–water partition coefficient (Wildman–Crippen LogP) is 3.33. The van der Waals surface area contributed by atoms with Gasteiger partial charge in [0.25, 0.3) is 0 Å². The minimum absolute atomic E-state index is 0.0804. The van der Waals surface area contributed by atoms with Crippen molar-refractivity contribution in [2.24, 2.45) is 0 Å². The molecule has 116 valence electrons. The third-order valence-corrected chi connectivity index (χ3v) is 5.26. The maximum Gasteiger partial charge on any atom is 0.213 e. The summed E-state index contributed by atoms with van der Waals surface area (Å²) in [5, 5.41) is 1.84. The first-order chi connectivity index (χ1) is 11.2. The molecule has 0 aliphatic heterocycles. The van der Waals surface area contributed by atoms with Crippen LogP contribution in [0.1, 0.15) is 0 Å². The Labute approximate surface area is 137 Å². The second-order valence-electron chi connectivity index (χ2n) is 5.94. The zero-order valence-corrected chi connectivity index (χ0v) is 13.9. The highest BCUT2D eigenvalue weighted by Crippen LogP contribution is 2.32. The Kier molecular flexibility index (Phi) is 3.39. The van der Waals surface area contributed by atoms with Gasteiger partial charge in [-0.15, -0.1) is 11.3 Å². The quantitative estimate of drug-likeness (QED) is 0.580. The summed E-state index contributed by atoms with van der Waals surface area (Å²) in [5.74, 6) is 0. The molecule has 0 N–H and O–H groups in total. The monoisotopic (exact) mass is 323 g/mol. The molecule has 4 aromatic rings. The van der Waals surface area contributed by atoms with Crippen molar-refractivity contribution in [3.8, 4) is 0 Å². The summed E-state index contributed by atoms with van der Waals surface area (Å²) in [6.45, 7) is 1.69. The first kappa shape index (κ1) is 14.4. The third-order valence-electron chi connectivity index (χ3n) is 4.12. The minimum Gasteiger partial charge on any atom is -0.335 e. The molecule has 0 amide bonds. The summed E-state index contributed by atoms with van der Waals surface area (Å²) in [6.07, 6.45) is 1.75. The number of aromatic nitrogens is 2. The summed E-state index contributed by atoms with van der Waals surface area (Å²) in [7, 11) is 4.10. The van der Waals surface area contributed by atoms with Gasteiger partial charge in [-0.2, -0.15) is 0 Å². The number of para-hydroxylation sites is 1. The second-order valence-corrected chi connectivity index (χ2v) is 6.94. The predicted molar refractivity (Wildman–Crippen MR) is 97.4 cm³/mol. The molecular weight excluding hydrogens is 306 g/mol. The van der Waals surface area contributed by atoms with Crippen molar-refractivity contribution in [3.05, 3.63) is 52.8 Å². The molecule has 0 saturated carbocycles. The largest absolute Gasteiger partial charge is 0.335 e. The molecular formula is C18H17N3OS. The standard InChI is InChI=1S/C18H17N3OS/c1-20(2)10-11-21-14-8-4-3-6-12(14)17-15(21)16(22)13-7-5-9-19-18(13)23-17/h3-9H,10-11H2,1-2H3. The van der Waals surface area contributed by atoms with E-state index in [9.17, 15) is 4.79 Å². The van der Waals surface area contributed by atoms with Crippen LogP contribution in [0.15, 0.2) is 47.4 Å². The highest BCUT2D eigenvalue weighted by Gasteiger charge is 2.16. The zero-order chi connectivity index (χ0) is 16.0. The first-order valence-corrected chi connectivity index (χ1v) is 8.42. The molecule has 0 fully saturated rings. The smallest absolute Gasteiger partial charge is 0.213 e. The van der Waals surface area contributed by atoms with Crippen molar-refractivity contribution >= 4 is 42.7 Å². The molecule has 0 radical (unpaired) electrons. The average molecular weight is 323 g/mol. The van der Waals surface area contributed by atoms with Crippen molar-refractivity contribution in [3.63, 3.8) is 0 Å². The Bertz CT molecular complexity index is 1080. The van der Waals surface area contributed by atoms with E-state index in [1.54, 1.807) is 17.5 Å². The minimum atomic E-state index is 0.0804. The topological polar surface area (TPSA) is 38.1 Å². The molecule has 23 heavy (non-hydrogen) atoms. The number of hydrogen-bond acceptors (Lipinski definition) is 4. The fourth-order valence-electron chi connectivity index (χ4n) is 3.00. The van der Waals surface area contributed by atoms with Crippen molar-refractivity contribution in [2.45, 2.75) is 6.54 Å². The highest BCUT2D eigenvalue weighted by atomic mass is 32.1. The van der Waals surface area contributed by atoms with E-state index >= 15 is 0 Å². The van der Waals surface area contributed by atoms with E-state index in [2.05, 4.69) is 26.6 Å². The summed E-state index contributed by atoms with van der Waals surface area (Å²) in [5.41, 5.74) is 2.00. The van der Waals surface area contributed by atoms with Gasteiger partial charge in [0.15, 0.2) is 0 Å². The molecule has 0 unspecified atom stereocenters. The molecule has 3 aromatic heterocycles. The molecule has 1 aromatic carbocycles. The lowest BCUT2D eigenvalue weighted by Gasteiger charge is -2.12. The van der Waals surface area contributed by atoms with Crippen molar-refractivity contribution in [1.82, 2.24) is 14.5 Å². The van der Waals surface area contributed by atoms with E-state index in [4.69, 9.17) is 0 Å². The zero-order valence-electron chi connectivity index (χ0n) is 13.1. The van der Waals surface area contributed by atoms with Gasteiger partial charge < -0.3 is 9.47 Å². The van der Waals surface area contributed by atoms with Crippen LogP contribution in [-0.2, 0) is 6.54 Å². The van der Waals surface area contributed by atoms with Crippen LogP contribution in [-0.4, -0.2) is 35.1 Å². The fourth-order valence-corrected chi connectivity index (χ4v) is 4.16. The van der Waals surface area contributed by atoms with Crippen LogP contribution in [0.5, 0.6) is 0 Å². The van der Waals surface area contributed by atoms with E-state index in [0.29, 0.717) is 5.39 Å². The first-order valence-electron chi connectivity index (χ1n) is 7.60. The van der Waals surface area contributed by atoms with E-state index in [0.717, 1.165) is 39.0 Å². The Morgan fingerprint density at radius 2 is 1.91 bits per heavy atom. The van der Waals surface area contributed by atoms with Crippen LogP contribution < -0.4 is 5.43 Å². The Morgan fingerprint density at radius 1 is 1.13 bits per heavy atom. The Hall–Kier alpha value is -2.24. The highest BCUT2D eigenvalue weighted by molar-refractivity contribution is 7.25. The van der Waals surface area contributed by atoms with E-state index in [-0.39, 0.29) is 5.43 Å². The summed E-state index contributed by atoms with van der Waals surface area (Å²) < 4.78 is 3.20. The van der Waals surface area contributed by atoms with Gasteiger partial charge in [-0.05, 0) is 32.3 Å². The normalized spacial score (nSPS) is 12.0. The lowest BCUT2D eigenvalue weighted by molar-refractivity contribution is 0.389. The second kappa shape index (κ2) is 5.44. The van der Waals surface area contributed by atoms with Crippen LogP contribution in [0, 0.1) is 0 Å². The molecule has 5 heteroatoms. The number of hydrogen-bond donors (Lipinski definition) is 0. The van der Waals surface area contributed by atoms with Crippen LogP contribution in [0.25, 0.3) is 31.3 Å². The summed E-state index contributed by atoms with van der Waals surface area (Å²) in [4.78, 5) is 20.4. The number of pyridine rings is 1. The summed E-state index contributed by atoms with van der Waals surface area (Å²) in [6, 6.07) is 11.9. The van der Waals surface area contributed by atoms with Gasteiger partial charge in [0.1, 0.15) is 10.3 Å². The van der Waals surface area contributed by atoms with Crippen LogP contribution >= 0.6 is 11.3 Å². The van der Waals surface area contributed by atoms with Gasteiger partial charge >= 0.3 is 0 Å². The maximum absolute atomic E-state index is 13.1. The molecule has 4 rings (SSSR count). The Morgan fingerprint density at radius 3 is 2.74 bits per heavy atom. The molecule has 0 spiro atoms. The van der Waals surface area contributed by atoms with Crippen molar-refractivity contribution in [1.29, 1.82) is 0 Å². The fraction of sp³-hybridized carbons (Fsp3) is 0.222. The molecule has 0 atom stereocenters. The maximum atomic E-state index is 13.1. The van der Waals surface area contributed by atoms with E-state index in [1.807, 2.05) is 38.4 Å². The van der Waals surface area contributed by atoms with Gasteiger partial charge in [-0.3, -0.25) is 4.79 Å². The lowest BCUT2D eigenvalue weighted by atomic mass is 10.2. The molecule has 0 aliphatic rings. The van der Waals surface area contributed by atoms with Crippen molar-refractivity contribution < 1.29 is 0 Å². The van der Waals surface area contributed by atoms with Crippen molar-refractivity contribution in [2.75, 3.05) is 20.6 Å². The van der Waals surface area contributed by atoms with Crippen LogP contribution in [0.2, 0.25) is 0 Å². The molecule has 4 nitrogen and oxygen atoms in total. The van der Waals surface area contributed by atoms with Gasteiger partial charge in [0, 0.05) is 24.7 Å². The van der Waals surface area contributed by atoms with Crippen LogP contribution in [0.4, 0.5) is 0 Å². The number of fused-ring (bicyclic) bond motifs is 4. The van der Waals surface area contributed by atoms with Gasteiger partial charge in [0.05, 0.1) is 15.6 Å². The molecule has 0 saturated heterocycles. The lowest BCUT2D eigenvalue weighted by Crippen LogP contribution is -2.19. The van der Waals surface area contributed by atoms with Gasteiger partial charge in [-0.1, -0.05) is 18.2 Å². The summed E-state index contributed by atoms with van der Waals surface area (Å²) >= 11 is 1.60. The molecule has 0 aliphatic carbocycles. The number of nitrogens with zero attached hydrogens (tertiary/aromatic N) is 3. The number of likely N-dealkylation sites (N-methyl/N-ethyl adjacent to an activating group) is 1. The number of benzene rings is 1. The van der Waals surface area contributed by atoms with E-state index < -0.39 is 0 Å². The third kappa shape index (κ3) is 2.24.